The van der Waals surface area contributed by atoms with Crippen molar-refractivity contribution in [3.05, 3.63) is 77.4 Å². The zero-order valence-electron chi connectivity index (χ0n) is 35.0. The zero-order chi connectivity index (χ0) is 40.0. The summed E-state index contributed by atoms with van der Waals surface area (Å²) in [6.07, 6.45) is 25.2. The molecule has 0 spiro atoms. The van der Waals surface area contributed by atoms with Crippen molar-refractivity contribution in [1.29, 1.82) is 0 Å². The molecule has 9 nitrogen and oxygen atoms in total. The number of likely N-dealkylation sites (N-methyl/N-ethyl adjacent to an activating group) is 1. The van der Waals surface area contributed by atoms with Gasteiger partial charge in [-0.2, -0.15) is 0 Å². The predicted molar refractivity (Wildman–Crippen MR) is 219 cm³/mol. The Morgan fingerprint density at radius 1 is 0.759 bits per heavy atom. The molecule has 0 aliphatic carbocycles. The number of carbonyl (C=O) groups excluding carboxylic acids is 3. The monoisotopic (exact) mass is 750 g/mol. The van der Waals surface area contributed by atoms with Gasteiger partial charge in [-0.25, -0.2) is 9.78 Å². The molecule has 1 N–H and O–H groups in total. The van der Waals surface area contributed by atoms with Crippen LogP contribution in [0.1, 0.15) is 153 Å². The number of hydrogen-bond acceptors (Lipinski definition) is 8. The second-order valence-electron chi connectivity index (χ2n) is 16.8. The Morgan fingerprint density at radius 2 is 1.33 bits per heavy atom. The number of aromatic amines is 1. The fourth-order valence-electron chi connectivity index (χ4n) is 5.77. The van der Waals surface area contributed by atoms with Crippen molar-refractivity contribution in [2.24, 2.45) is 5.92 Å². The Kier molecular flexibility index (Phi) is 21.2. The minimum Gasteiger partial charge on any atom is -0.465 e. The molecule has 0 fully saturated rings. The number of unbranched alkanes of at least 4 members (excludes halogenated alkanes) is 8. The third kappa shape index (κ3) is 19.0. The van der Waals surface area contributed by atoms with Crippen LogP contribution in [0.3, 0.4) is 0 Å². The Hall–Kier alpha value is -3.72. The molecule has 2 atom stereocenters. The van der Waals surface area contributed by atoms with Gasteiger partial charge in [-0.15, -0.1) is 0 Å². The lowest BCUT2D eigenvalue weighted by molar-refractivity contribution is -0.153. The van der Waals surface area contributed by atoms with Crippen LogP contribution >= 0.6 is 0 Å². The number of nitrogens with one attached hydrogen (secondary N) is 1. The molecule has 0 amide bonds. The summed E-state index contributed by atoms with van der Waals surface area (Å²) in [5.74, 6) is -1.73. The van der Waals surface area contributed by atoms with Crippen molar-refractivity contribution in [1.82, 2.24) is 14.9 Å². The topological polar surface area (TPSA) is 111 Å². The molecule has 54 heavy (non-hydrogen) atoms. The summed E-state index contributed by atoms with van der Waals surface area (Å²) < 4.78 is 17.2. The van der Waals surface area contributed by atoms with Crippen molar-refractivity contribution in [2.75, 3.05) is 33.9 Å². The maximum Gasteiger partial charge on any atom is 0.338 e. The van der Waals surface area contributed by atoms with Crippen LogP contribution < -0.4 is 0 Å². The summed E-state index contributed by atoms with van der Waals surface area (Å²) in [4.78, 5) is 48.3. The summed E-state index contributed by atoms with van der Waals surface area (Å²) >= 11 is 0. The van der Waals surface area contributed by atoms with E-state index in [4.69, 9.17) is 14.2 Å². The molecular formula is C45H71N3O6. The number of nitrogens with zero attached hydrogens (tertiary/aromatic N) is 2. The average Bonchev–Trinajstić information content (AvgIpc) is 3.64. The standard InChI is InChI=1S/C45H71N3O6/c1-10-11-12-13-14-15-16-17-18-19-20-21-22-23-24-25-41(49)52-31-35(33-54-43(51)40(48(8)9)29-39-30-46-34-47-39)32-53-42(50)36-26-37(44(2,3)4)28-38(27-36)45(5,6)7/h14-15,17-18,26-28,30,34-35,40H,10-13,16,19-25,29,31-33H2,1-9H3,(H,46,47)/b15-14-,18-17-/t35?,40-/m0/s1. The molecule has 9 heteroatoms. The van der Waals surface area contributed by atoms with Crippen LogP contribution in [0.25, 0.3) is 0 Å². The summed E-state index contributed by atoms with van der Waals surface area (Å²) in [6.45, 7) is 14.8. The summed E-state index contributed by atoms with van der Waals surface area (Å²) in [5, 5.41) is 0. The average molecular weight is 750 g/mol. The normalized spacial score (nSPS) is 13.4. The lowest BCUT2D eigenvalue weighted by Gasteiger charge is -2.26. The molecule has 0 bridgehead atoms. The maximum absolute atomic E-state index is 13.5. The minimum absolute atomic E-state index is 0.0257. The van der Waals surface area contributed by atoms with Gasteiger partial charge in [-0.1, -0.05) is 111 Å². The Labute approximate surface area is 326 Å². The van der Waals surface area contributed by atoms with Crippen LogP contribution in [0.15, 0.2) is 55.0 Å². The van der Waals surface area contributed by atoms with Crippen LogP contribution in [0.4, 0.5) is 0 Å². The molecule has 0 radical (unpaired) electrons. The number of H-pyrrole nitrogens is 1. The largest absolute Gasteiger partial charge is 0.465 e. The number of ether oxygens (including phenoxy) is 3. The first kappa shape index (κ1) is 46.4. The first-order valence-corrected chi connectivity index (χ1v) is 20.2. The smallest absolute Gasteiger partial charge is 0.338 e. The van der Waals surface area contributed by atoms with Crippen molar-refractivity contribution in [2.45, 2.75) is 149 Å². The quantitative estimate of drug-likeness (QED) is 0.0463. The molecule has 302 valence electrons. The number of imidazole rings is 1. The number of hydrogen-bond donors (Lipinski definition) is 1. The van der Waals surface area contributed by atoms with Crippen molar-refractivity contribution in [3.63, 3.8) is 0 Å². The lowest BCUT2D eigenvalue weighted by Crippen LogP contribution is -2.40. The van der Waals surface area contributed by atoms with Crippen molar-refractivity contribution >= 4 is 17.9 Å². The Balaban J connectivity index is 1.92. The minimum atomic E-state index is -0.551. The molecule has 0 aliphatic rings. The summed E-state index contributed by atoms with van der Waals surface area (Å²) in [7, 11) is 3.63. The van der Waals surface area contributed by atoms with E-state index in [2.05, 4.69) is 88.8 Å². The molecular weight excluding hydrogens is 679 g/mol. The summed E-state index contributed by atoms with van der Waals surface area (Å²) in [5.41, 5.74) is 3.03. The van der Waals surface area contributed by atoms with E-state index in [9.17, 15) is 14.4 Å². The second kappa shape index (κ2) is 24.6. The number of aromatic nitrogens is 2. The highest BCUT2D eigenvalue weighted by molar-refractivity contribution is 5.90. The van der Waals surface area contributed by atoms with Crippen molar-refractivity contribution < 1.29 is 28.6 Å². The number of rotatable bonds is 25. The van der Waals surface area contributed by atoms with Gasteiger partial charge in [0.1, 0.15) is 25.9 Å². The van der Waals surface area contributed by atoms with E-state index in [1.165, 1.54) is 25.7 Å². The van der Waals surface area contributed by atoms with Crippen LogP contribution in [0, 0.1) is 5.92 Å². The molecule has 1 unspecified atom stereocenters. The van der Waals surface area contributed by atoms with E-state index in [1.54, 1.807) is 17.4 Å². The fourth-order valence-corrected chi connectivity index (χ4v) is 5.77. The predicted octanol–water partition coefficient (Wildman–Crippen LogP) is 9.85. The van der Waals surface area contributed by atoms with Gasteiger partial charge < -0.3 is 19.2 Å². The highest BCUT2D eigenvalue weighted by Crippen LogP contribution is 2.30. The number of allylic oxidation sites excluding steroid dienone is 4. The van der Waals surface area contributed by atoms with E-state index >= 15 is 0 Å². The van der Waals surface area contributed by atoms with E-state index < -0.39 is 23.9 Å². The molecule has 2 aromatic rings. The molecule has 0 saturated carbocycles. The molecule has 2 rings (SSSR count). The third-order valence-corrected chi connectivity index (χ3v) is 9.49. The number of esters is 3. The highest BCUT2D eigenvalue weighted by Gasteiger charge is 2.27. The Morgan fingerprint density at radius 3 is 1.91 bits per heavy atom. The molecule has 1 heterocycles. The molecule has 0 saturated heterocycles. The van der Waals surface area contributed by atoms with Gasteiger partial charge >= 0.3 is 17.9 Å². The van der Waals surface area contributed by atoms with E-state index in [0.717, 1.165) is 61.8 Å². The highest BCUT2D eigenvalue weighted by atomic mass is 16.6. The fraction of sp³-hybridized carbons (Fsp3) is 0.644. The first-order valence-electron chi connectivity index (χ1n) is 20.2. The van der Waals surface area contributed by atoms with Gasteiger partial charge in [0.15, 0.2) is 0 Å². The Bertz CT molecular complexity index is 1400. The molecule has 0 aliphatic heterocycles. The van der Waals surface area contributed by atoms with Gasteiger partial charge in [0, 0.05) is 24.7 Å². The van der Waals surface area contributed by atoms with Gasteiger partial charge in [-0.3, -0.25) is 14.5 Å². The first-order chi connectivity index (χ1) is 25.6. The second-order valence-corrected chi connectivity index (χ2v) is 16.8. The van der Waals surface area contributed by atoms with Crippen LogP contribution in [0.2, 0.25) is 0 Å². The van der Waals surface area contributed by atoms with Gasteiger partial charge in [0.2, 0.25) is 0 Å². The van der Waals surface area contributed by atoms with Crippen molar-refractivity contribution in [3.8, 4) is 0 Å². The maximum atomic E-state index is 13.5. The van der Waals surface area contributed by atoms with Crippen LogP contribution in [-0.2, 0) is 41.1 Å². The van der Waals surface area contributed by atoms with Gasteiger partial charge in [0.25, 0.3) is 0 Å². The zero-order valence-corrected chi connectivity index (χ0v) is 35.0. The SMILES string of the molecule is CCCCC/C=C\C/C=C\CCCCCCCC(=O)OCC(COC(=O)c1cc(C(C)(C)C)cc(C(C)(C)C)c1)COC(=O)[C@H](Cc1cnc[nH]1)N(C)C. The van der Waals surface area contributed by atoms with E-state index in [0.29, 0.717) is 18.4 Å². The van der Waals surface area contributed by atoms with Crippen LogP contribution in [0.5, 0.6) is 0 Å². The van der Waals surface area contributed by atoms with Gasteiger partial charge in [-0.05, 0) is 86.7 Å². The van der Waals surface area contributed by atoms with Gasteiger partial charge in [0.05, 0.1) is 17.8 Å². The van der Waals surface area contributed by atoms with E-state index in [1.807, 2.05) is 26.2 Å². The molecule has 1 aromatic carbocycles. The molecule has 1 aromatic heterocycles. The van der Waals surface area contributed by atoms with Crippen LogP contribution in [-0.4, -0.2) is 72.7 Å². The third-order valence-electron chi connectivity index (χ3n) is 9.49. The van der Waals surface area contributed by atoms with E-state index in [-0.39, 0.29) is 36.6 Å². The number of benzene rings is 1. The lowest BCUT2D eigenvalue weighted by atomic mass is 9.79. The number of carbonyl (C=O) groups is 3. The summed E-state index contributed by atoms with van der Waals surface area (Å²) in [6, 6.07) is 5.37.